The number of primary amides is 2. The molecule has 2 amide bonds. The van der Waals surface area contributed by atoms with Gasteiger partial charge in [-0.25, -0.2) is 28.4 Å². The van der Waals surface area contributed by atoms with Crippen LogP contribution in [0, 0.1) is 28.4 Å². The number of hydrogen-bond donors (Lipinski definition) is 5. The Bertz CT molecular complexity index is 399. The number of hydrogen-bond acceptors (Lipinski definition) is 11. The van der Waals surface area contributed by atoms with Crippen LogP contribution >= 0.6 is 0 Å². The van der Waals surface area contributed by atoms with Crippen molar-refractivity contribution in [3.8, 4) is 0 Å². The molecule has 0 radical (unpaired) electrons. The maximum absolute atomic E-state index is 10.2. The Morgan fingerprint density at radius 1 is 0.556 bits per heavy atom. The first kappa shape index (κ1) is 48.1. The summed E-state index contributed by atoms with van der Waals surface area (Å²) in [6.07, 6.45) is -1.67. The van der Waals surface area contributed by atoms with Crippen molar-refractivity contribution in [3.05, 3.63) is 28.4 Å². The van der Waals surface area contributed by atoms with Crippen molar-refractivity contribution < 1.29 is 53.3 Å². The fourth-order valence-electron chi connectivity index (χ4n) is 1.47. The number of amides is 2. The SMILES string of the molecule is [CH2-]OCC(O)COCCC(N)=O.[CH2-]OCC(O)COCCC(N)=O.[CH2-]OCC(O)CO[CH2-].[Rf].[Rf].[Rf].[Rf]. The van der Waals surface area contributed by atoms with Crippen LogP contribution in [-0.4, -0.2) is 98.3 Å². The molecule has 0 aliphatic rings. The smallest absolute Gasteiger partial charge is 0.219 e. The molecule has 0 fully saturated rings. The van der Waals surface area contributed by atoms with E-state index in [2.05, 4.69) is 47.4 Å². The number of nitrogens with two attached hydrogens (primary N) is 2. The van der Waals surface area contributed by atoms with E-state index < -0.39 is 30.1 Å². The number of carbonyl (C=O) groups excluding carboxylic acids is 2. The summed E-state index contributed by atoms with van der Waals surface area (Å²) < 4.78 is 27.3. The Hall–Kier alpha value is -5.42. The Kier molecular flexibility index (Phi) is 49.4. The molecule has 0 bridgehead atoms. The van der Waals surface area contributed by atoms with Crippen molar-refractivity contribution in [1.29, 1.82) is 0 Å². The van der Waals surface area contributed by atoms with Gasteiger partial charge < -0.3 is 55.2 Å². The minimum atomic E-state index is -0.699. The van der Waals surface area contributed by atoms with E-state index in [1.54, 1.807) is 0 Å². The number of carbonyl (C=O) groups is 2. The van der Waals surface area contributed by atoms with E-state index in [1.807, 2.05) is 0 Å². The van der Waals surface area contributed by atoms with Crippen LogP contribution in [0.1, 0.15) is 12.8 Å². The largest absolute Gasteiger partial charge is 0.553 e. The number of rotatable bonds is 18. The van der Waals surface area contributed by atoms with E-state index in [9.17, 15) is 9.59 Å². The van der Waals surface area contributed by atoms with Crippen molar-refractivity contribution in [2.45, 2.75) is 31.2 Å². The number of ether oxygens (including phenoxy) is 6. The molecule has 0 aliphatic carbocycles. The van der Waals surface area contributed by atoms with Crippen LogP contribution in [0.3, 0.4) is 0 Å². The fraction of sp³-hybridized carbons (Fsp3) is 0.684. The third-order valence-corrected chi connectivity index (χ3v) is 2.85. The van der Waals surface area contributed by atoms with Crippen LogP contribution in [0.2, 0.25) is 0 Å². The van der Waals surface area contributed by atoms with Gasteiger partial charge in [-0.3, -0.25) is 9.59 Å². The van der Waals surface area contributed by atoms with E-state index in [0.717, 1.165) is 0 Å². The molecule has 202 valence electrons. The Morgan fingerprint density at radius 2 is 0.778 bits per heavy atom. The first-order chi connectivity index (χ1) is 15.1. The number of aliphatic hydroxyl groups excluding tert-OH is 3. The summed E-state index contributed by atoms with van der Waals surface area (Å²) in [5.41, 5.74) is 9.70. The van der Waals surface area contributed by atoms with Gasteiger partial charge in [0, 0.05) is 39.3 Å². The minimum Gasteiger partial charge on any atom is -0.553 e. The first-order valence-corrected chi connectivity index (χ1v) is 9.38. The topological polar surface area (TPSA) is 202 Å². The van der Waals surface area contributed by atoms with Crippen molar-refractivity contribution >= 4 is 11.8 Å². The summed E-state index contributed by atoms with van der Waals surface area (Å²) in [6.45, 7) is 1.33. The zero-order valence-corrected chi connectivity index (χ0v) is 46.8. The zero-order valence-electron chi connectivity index (χ0n) is 21.2. The summed E-state index contributed by atoms with van der Waals surface area (Å²) >= 11 is 0. The second-order valence-electron chi connectivity index (χ2n) is 6.03. The maximum atomic E-state index is 10.2. The van der Waals surface area contributed by atoms with Crippen LogP contribution in [0.5, 0.6) is 0 Å². The van der Waals surface area contributed by atoms with Crippen LogP contribution in [0.4, 0.5) is 0 Å². The van der Waals surface area contributed by atoms with E-state index in [-0.39, 0.29) is 65.7 Å². The van der Waals surface area contributed by atoms with Gasteiger partial charge in [-0.2, -0.15) is 0 Å². The molecule has 36 heavy (non-hydrogen) atoms. The summed E-state index contributed by atoms with van der Waals surface area (Å²) in [5, 5.41) is 26.7. The van der Waals surface area contributed by atoms with Crippen LogP contribution in [0.25, 0.3) is 0 Å². The monoisotopic (exact) mass is 1540 g/mol. The molecule has 0 rings (SSSR count). The van der Waals surface area contributed by atoms with E-state index >= 15 is 0 Å². The van der Waals surface area contributed by atoms with E-state index in [0.29, 0.717) is 0 Å². The molecule has 0 saturated carbocycles. The van der Waals surface area contributed by atoms with Gasteiger partial charge in [0.25, 0.3) is 0 Å². The van der Waals surface area contributed by atoms with E-state index in [4.69, 9.17) is 36.3 Å². The molecule has 2 unspecified atom stereocenters. The van der Waals surface area contributed by atoms with Gasteiger partial charge in [-0.1, -0.05) is 0 Å². The Balaban J connectivity index is -0.0000000677. The minimum absolute atomic E-state index is 0. The summed E-state index contributed by atoms with van der Waals surface area (Å²) in [5.74, 6) is -0.837. The molecule has 7 N–H and O–H groups in total. The third kappa shape index (κ3) is 51.3. The zero-order chi connectivity index (χ0) is 25.2. The molecular weight excluding hydrogens is 1500 g/mol. The molecule has 17 heteroatoms. The molecule has 13 nitrogen and oxygen atoms in total. The van der Waals surface area contributed by atoms with Crippen molar-refractivity contribution in [1.82, 2.24) is 0 Å². The van der Waals surface area contributed by atoms with Crippen molar-refractivity contribution in [3.63, 3.8) is 0 Å². The average Bonchev–Trinajstić information content (AvgIpc) is 2.70. The Morgan fingerprint density at radius 3 is 0.972 bits per heavy atom. The van der Waals surface area contributed by atoms with Gasteiger partial charge in [0.15, 0.2) is 0 Å². The van der Waals surface area contributed by atoms with Crippen LogP contribution in [0.15, 0.2) is 0 Å². The molecular formula is C19H38N2O11Rf4-4. The predicted octanol–water partition coefficient (Wildman–Crippen LogP) is -1.94. The van der Waals surface area contributed by atoms with Crippen LogP contribution in [-0.2, 0) is 38.0 Å². The Labute approximate surface area is 189 Å². The molecule has 0 aromatic carbocycles. The third-order valence-electron chi connectivity index (χ3n) is 2.85. The van der Waals surface area contributed by atoms with Crippen LogP contribution < -0.4 is 11.5 Å². The second-order valence-corrected chi connectivity index (χ2v) is 6.03. The molecule has 0 aromatic rings. The van der Waals surface area contributed by atoms with Gasteiger partial charge in [0.2, 0.25) is 11.8 Å². The first-order valence-electron chi connectivity index (χ1n) is 9.38. The quantitative estimate of drug-likeness (QED) is 0.0756. The second kappa shape index (κ2) is 36.9. The van der Waals surface area contributed by atoms with Gasteiger partial charge in [0.05, 0.1) is 44.7 Å². The summed E-state index contributed by atoms with van der Waals surface area (Å²) in [7, 11) is 12.3. The van der Waals surface area contributed by atoms with Gasteiger partial charge in [0.1, 0.15) is 0 Å². The molecule has 2 atom stereocenters. The molecule has 0 aromatic heterocycles. The molecule has 0 spiro atoms. The van der Waals surface area contributed by atoms with Crippen molar-refractivity contribution in [2.75, 3.05) is 52.9 Å². The normalized spacial score (nSPS) is 10.9. The summed E-state index contributed by atoms with van der Waals surface area (Å²) in [6, 6.07) is 0. The number of aliphatic hydroxyl groups is 3. The fourth-order valence-corrected chi connectivity index (χ4v) is 1.47. The summed E-state index contributed by atoms with van der Waals surface area (Å²) in [4.78, 5) is 20.4. The van der Waals surface area contributed by atoms with E-state index in [1.165, 1.54) is 0 Å². The standard InChI is InChI=1S/2C7H14NO4.C5H10O3.4Rf/c2*1-11-4-6(9)5-12-3-2-7(8)10;1-7-3-5(6)4-8-2;;;;/h2*6,9H,1-5H2,(H2,8,10);5-6H,1-4H2;;;;/q2*-1;-2;;;;. The average molecular weight is 1540 g/mol. The molecule has 0 aliphatic heterocycles. The van der Waals surface area contributed by atoms with Gasteiger partial charge >= 0.3 is 0 Å². The van der Waals surface area contributed by atoms with Gasteiger partial charge in [-0.05, 0) is 0 Å². The molecule has 0 saturated heterocycles. The predicted molar refractivity (Wildman–Crippen MR) is 113 cm³/mol. The van der Waals surface area contributed by atoms with Crippen molar-refractivity contribution in [2.24, 2.45) is 11.5 Å². The van der Waals surface area contributed by atoms with Gasteiger partial charge in [-0.15, -0.1) is 0 Å². The molecule has 0 heterocycles. The maximum Gasteiger partial charge on any atom is 0.219 e.